The van der Waals surface area contributed by atoms with Gasteiger partial charge in [0.2, 0.25) is 0 Å². The van der Waals surface area contributed by atoms with Crippen molar-refractivity contribution in [2.75, 3.05) is 34.2 Å². The lowest BCUT2D eigenvalue weighted by Crippen LogP contribution is -2.41. The molecule has 12 heteroatoms. The molecule has 0 aromatic heterocycles. The zero-order valence-electron chi connectivity index (χ0n) is 19.6. The van der Waals surface area contributed by atoms with Crippen LogP contribution in [0, 0.1) is 5.92 Å². The van der Waals surface area contributed by atoms with E-state index in [4.69, 9.17) is 9.84 Å². The third kappa shape index (κ3) is 9.61. The van der Waals surface area contributed by atoms with Crippen molar-refractivity contribution < 1.29 is 34.1 Å². The summed E-state index contributed by atoms with van der Waals surface area (Å²) in [6.45, 7) is 1.87. The molecule has 1 aromatic carbocycles. The van der Waals surface area contributed by atoms with Gasteiger partial charge in [0.1, 0.15) is 11.4 Å². The van der Waals surface area contributed by atoms with Crippen molar-refractivity contribution in [2.45, 2.75) is 25.8 Å². The number of rotatable bonds is 12. The molecule has 34 heavy (non-hydrogen) atoms. The Balaban J connectivity index is 2.80. The van der Waals surface area contributed by atoms with Crippen LogP contribution in [-0.2, 0) is 16.0 Å². The van der Waals surface area contributed by atoms with Crippen LogP contribution in [0.1, 0.15) is 18.9 Å². The van der Waals surface area contributed by atoms with Crippen molar-refractivity contribution >= 4 is 36.7 Å². The Labute approximate surface area is 204 Å². The van der Waals surface area contributed by atoms with Crippen molar-refractivity contribution in [3.63, 3.8) is 0 Å². The molecule has 3 amide bonds. The molecule has 1 unspecified atom stereocenters. The third-order valence-electron chi connectivity index (χ3n) is 5.06. The predicted octanol–water partition coefficient (Wildman–Crippen LogP) is 1.86. The van der Waals surface area contributed by atoms with Crippen LogP contribution in [0.3, 0.4) is 0 Å². The normalized spacial score (nSPS) is 12.8. The van der Waals surface area contributed by atoms with E-state index >= 15 is 0 Å². The van der Waals surface area contributed by atoms with Crippen LogP contribution < -0.4 is 15.4 Å². The van der Waals surface area contributed by atoms with Gasteiger partial charge in [0, 0.05) is 40.3 Å². The summed E-state index contributed by atoms with van der Waals surface area (Å²) >= 11 is 3.99. The number of hydrogen-bond donors (Lipinski definition) is 5. The first-order valence-corrected chi connectivity index (χ1v) is 11.0. The fourth-order valence-electron chi connectivity index (χ4n) is 2.86. The lowest BCUT2D eigenvalue weighted by molar-refractivity contribution is -0.141. The van der Waals surface area contributed by atoms with E-state index in [0.717, 1.165) is 10.5 Å². The monoisotopic (exact) mass is 496 g/mol. The zero-order chi connectivity index (χ0) is 25.8. The predicted molar refractivity (Wildman–Crippen MR) is 129 cm³/mol. The van der Waals surface area contributed by atoms with Gasteiger partial charge in [0.25, 0.3) is 5.91 Å². The molecule has 0 aliphatic rings. The second-order valence-corrected chi connectivity index (χ2v) is 8.04. The van der Waals surface area contributed by atoms with Gasteiger partial charge in [-0.25, -0.2) is 9.59 Å². The number of ether oxygens (including phenoxy) is 1. The number of aliphatic carboxylic acids is 1. The fourth-order valence-corrected chi connectivity index (χ4v) is 3.11. The Hall–Kier alpha value is -3.41. The number of amides is 3. The molecule has 0 aliphatic heterocycles. The molecule has 1 aromatic rings. The van der Waals surface area contributed by atoms with E-state index in [-0.39, 0.29) is 25.2 Å². The minimum absolute atomic E-state index is 0.138. The maximum atomic E-state index is 12.4. The summed E-state index contributed by atoms with van der Waals surface area (Å²) in [4.78, 5) is 49.1. The average molecular weight is 497 g/mol. The Morgan fingerprint density at radius 2 is 1.68 bits per heavy atom. The molecule has 0 spiro atoms. The summed E-state index contributed by atoms with van der Waals surface area (Å²) in [5.74, 6) is -1.73. The summed E-state index contributed by atoms with van der Waals surface area (Å²) in [6.07, 6.45) is -1.14. The Bertz CT molecular complexity index is 892. The summed E-state index contributed by atoms with van der Waals surface area (Å²) in [7, 11) is 4.49. The van der Waals surface area contributed by atoms with Gasteiger partial charge in [0.15, 0.2) is 0 Å². The standard InChI is InChI=1S/C22H32N4O7S/c1-14(20(28)29)11-16(24-19(27)18(13-34)23-2)12-15-5-7-17(8-6-15)33-22(32)26(4)10-9-25(3)21(30)31/h5-8,13-14,16,23,34H,9-12H2,1-4H3,(H,24,27)(H,28,29)(H,30,31)/b18-13-/t14-,16?/m0/s1. The molecule has 2 atom stereocenters. The molecule has 0 saturated heterocycles. The third-order valence-corrected chi connectivity index (χ3v) is 5.32. The maximum Gasteiger partial charge on any atom is 0.415 e. The highest BCUT2D eigenvalue weighted by Gasteiger charge is 2.22. The first-order valence-electron chi connectivity index (χ1n) is 10.5. The van der Waals surface area contributed by atoms with Gasteiger partial charge in [-0.1, -0.05) is 19.1 Å². The number of hydrogen-bond acceptors (Lipinski definition) is 7. The number of nitrogens with one attached hydrogen (secondary N) is 2. The molecular weight excluding hydrogens is 464 g/mol. The fraction of sp³-hybridized carbons (Fsp3) is 0.455. The number of carbonyl (C=O) groups is 4. The van der Waals surface area contributed by atoms with E-state index < -0.39 is 36.0 Å². The highest BCUT2D eigenvalue weighted by molar-refractivity contribution is 7.83. The molecule has 0 bridgehead atoms. The van der Waals surface area contributed by atoms with Crippen molar-refractivity contribution in [1.82, 2.24) is 20.4 Å². The number of likely N-dealkylation sites (N-methyl/N-ethyl adjacent to an activating group) is 3. The first kappa shape index (κ1) is 28.6. The van der Waals surface area contributed by atoms with Crippen LogP contribution in [0.5, 0.6) is 5.75 Å². The van der Waals surface area contributed by atoms with Crippen molar-refractivity contribution in [3.8, 4) is 5.75 Å². The van der Waals surface area contributed by atoms with Crippen molar-refractivity contribution in [2.24, 2.45) is 5.92 Å². The second kappa shape index (κ2) is 14.0. The molecule has 1 rings (SSSR count). The molecular formula is C22H32N4O7S. The minimum atomic E-state index is -1.09. The van der Waals surface area contributed by atoms with Gasteiger partial charge in [0.05, 0.1) is 5.92 Å². The Morgan fingerprint density at radius 1 is 1.09 bits per heavy atom. The lowest BCUT2D eigenvalue weighted by atomic mass is 9.96. The minimum Gasteiger partial charge on any atom is -0.481 e. The SMILES string of the molecule is CN/C(=C\S)C(=O)NC(Cc1ccc(OC(=O)N(C)CCN(C)C(=O)O)cc1)C[C@H](C)C(=O)O. The van der Waals surface area contributed by atoms with Crippen LogP contribution in [-0.4, -0.2) is 84.4 Å². The highest BCUT2D eigenvalue weighted by Crippen LogP contribution is 2.17. The van der Waals surface area contributed by atoms with Gasteiger partial charge in [-0.3, -0.25) is 9.59 Å². The highest BCUT2D eigenvalue weighted by atomic mass is 32.1. The van der Waals surface area contributed by atoms with Crippen LogP contribution in [0.15, 0.2) is 35.4 Å². The molecule has 0 saturated carbocycles. The van der Waals surface area contributed by atoms with Gasteiger partial charge in [-0.15, -0.1) is 12.6 Å². The number of carboxylic acid groups (broad SMARTS) is 2. The summed E-state index contributed by atoms with van der Waals surface area (Å²) in [6, 6.07) is 6.17. The van der Waals surface area contributed by atoms with E-state index in [2.05, 4.69) is 23.3 Å². The van der Waals surface area contributed by atoms with Gasteiger partial charge < -0.3 is 35.4 Å². The van der Waals surface area contributed by atoms with Crippen molar-refractivity contribution in [3.05, 3.63) is 40.9 Å². The molecule has 188 valence electrons. The van der Waals surface area contributed by atoms with Gasteiger partial charge in [-0.05, 0) is 35.9 Å². The van der Waals surface area contributed by atoms with Crippen LogP contribution in [0.2, 0.25) is 0 Å². The van der Waals surface area contributed by atoms with Crippen molar-refractivity contribution in [1.29, 1.82) is 0 Å². The number of nitrogens with zero attached hydrogens (tertiary/aromatic N) is 2. The van der Waals surface area contributed by atoms with E-state index in [9.17, 15) is 24.3 Å². The molecule has 0 aliphatic carbocycles. The number of carboxylic acids is 1. The Morgan fingerprint density at radius 3 is 2.18 bits per heavy atom. The molecule has 0 heterocycles. The second-order valence-electron chi connectivity index (χ2n) is 7.78. The van der Waals surface area contributed by atoms with Gasteiger partial charge in [-0.2, -0.15) is 0 Å². The van der Waals surface area contributed by atoms with Gasteiger partial charge >= 0.3 is 18.2 Å². The average Bonchev–Trinajstić information content (AvgIpc) is 2.78. The Kier molecular flexibility index (Phi) is 11.8. The maximum absolute atomic E-state index is 12.4. The zero-order valence-corrected chi connectivity index (χ0v) is 20.5. The first-order chi connectivity index (χ1) is 16.0. The van der Waals surface area contributed by atoms with E-state index in [1.54, 1.807) is 38.2 Å². The number of carbonyl (C=O) groups excluding carboxylic acids is 2. The number of benzene rings is 1. The van der Waals surface area contributed by atoms with E-state index in [0.29, 0.717) is 12.2 Å². The smallest absolute Gasteiger partial charge is 0.415 e. The topological polar surface area (TPSA) is 149 Å². The van der Waals surface area contributed by atoms with E-state index in [1.165, 1.54) is 24.4 Å². The molecule has 0 radical (unpaired) electrons. The largest absolute Gasteiger partial charge is 0.481 e. The summed E-state index contributed by atoms with van der Waals surface area (Å²) in [5.41, 5.74) is 1.05. The quantitative estimate of drug-likeness (QED) is 0.217. The van der Waals surface area contributed by atoms with E-state index in [1.807, 2.05) is 0 Å². The summed E-state index contributed by atoms with van der Waals surface area (Å²) < 4.78 is 5.30. The number of thiol groups is 1. The molecule has 4 N–H and O–H groups in total. The van der Waals surface area contributed by atoms with Crippen LogP contribution in [0.25, 0.3) is 0 Å². The lowest BCUT2D eigenvalue weighted by Gasteiger charge is -2.22. The van der Waals surface area contributed by atoms with Crippen LogP contribution >= 0.6 is 12.6 Å². The summed E-state index contributed by atoms with van der Waals surface area (Å²) in [5, 5.41) is 25.0. The van der Waals surface area contributed by atoms with Crippen LogP contribution in [0.4, 0.5) is 9.59 Å². The molecule has 0 fully saturated rings. The molecule has 11 nitrogen and oxygen atoms in total.